The van der Waals surface area contributed by atoms with Crippen LogP contribution in [-0.2, 0) is 44.2 Å². The van der Waals surface area contributed by atoms with Gasteiger partial charge >= 0.3 is 0 Å². The number of hydrogen-bond acceptors (Lipinski definition) is 6. The number of fused-ring (bicyclic) bond motifs is 1. The molecule has 0 aliphatic carbocycles. The van der Waals surface area contributed by atoms with E-state index in [-0.39, 0.29) is 5.75 Å². The van der Waals surface area contributed by atoms with E-state index in [0.29, 0.717) is 32.0 Å². The first-order chi connectivity index (χ1) is 15.9. The minimum absolute atomic E-state index is 0.278. The van der Waals surface area contributed by atoms with Gasteiger partial charge in [0.05, 0.1) is 13.2 Å². The molecule has 1 heterocycles. The number of benzene rings is 3. The largest absolute Gasteiger partial charge is 0.508 e. The molecule has 0 saturated heterocycles. The van der Waals surface area contributed by atoms with Gasteiger partial charge in [0.2, 0.25) is 0 Å². The van der Waals surface area contributed by atoms with E-state index >= 15 is 0 Å². The molecular formula is C24H30N3O3P3. The fraction of sp³-hybridized carbons (Fsp3) is 0.250. The van der Waals surface area contributed by atoms with Crippen LogP contribution in [0, 0.1) is 0 Å². The van der Waals surface area contributed by atoms with E-state index in [0.717, 1.165) is 29.8 Å². The van der Waals surface area contributed by atoms with E-state index in [1.807, 2.05) is 41.1 Å². The number of phenolic OH excluding ortho intramolecular Hbond substituents is 2. The molecule has 9 heteroatoms. The summed E-state index contributed by atoms with van der Waals surface area (Å²) in [6, 6.07) is 19.6. The van der Waals surface area contributed by atoms with Crippen LogP contribution in [0.15, 0.2) is 60.7 Å². The summed E-state index contributed by atoms with van der Waals surface area (Å²) in [5.74, 6) is 0.590. The lowest BCUT2D eigenvalue weighted by Gasteiger charge is -2.27. The molecule has 174 valence electrons. The van der Waals surface area contributed by atoms with Gasteiger partial charge in [-0.15, -0.1) is 0 Å². The quantitative estimate of drug-likeness (QED) is 0.436. The van der Waals surface area contributed by atoms with E-state index in [1.165, 1.54) is 16.7 Å². The molecule has 0 spiro atoms. The van der Waals surface area contributed by atoms with Crippen LogP contribution in [0.25, 0.3) is 0 Å². The molecule has 3 unspecified atom stereocenters. The first-order valence-electron chi connectivity index (χ1n) is 10.7. The fourth-order valence-corrected chi connectivity index (χ4v) is 5.12. The highest BCUT2D eigenvalue weighted by molar-refractivity contribution is 7.13. The summed E-state index contributed by atoms with van der Waals surface area (Å²) in [5.41, 5.74) is 6.32. The Labute approximate surface area is 202 Å². The highest BCUT2D eigenvalue weighted by Gasteiger charge is 2.18. The number of hydrogen-bond donors (Lipinski definition) is 2. The van der Waals surface area contributed by atoms with Crippen molar-refractivity contribution >= 4 is 28.2 Å². The second-order valence-electron chi connectivity index (χ2n) is 8.27. The van der Waals surface area contributed by atoms with E-state index in [4.69, 9.17) is 4.84 Å². The van der Waals surface area contributed by atoms with Gasteiger partial charge < -0.3 is 10.2 Å². The van der Waals surface area contributed by atoms with Gasteiger partial charge in [-0.05, 0) is 32.1 Å². The number of rotatable bonds is 8. The van der Waals surface area contributed by atoms with Gasteiger partial charge in [0.25, 0.3) is 0 Å². The fourth-order valence-electron chi connectivity index (χ4n) is 4.06. The van der Waals surface area contributed by atoms with Crippen LogP contribution in [0.4, 0.5) is 0 Å². The number of aromatic hydroxyl groups is 2. The van der Waals surface area contributed by atoms with Gasteiger partial charge in [0.15, 0.2) is 0 Å². The van der Waals surface area contributed by atoms with E-state index in [2.05, 4.69) is 51.0 Å². The van der Waals surface area contributed by atoms with E-state index in [9.17, 15) is 10.2 Å². The lowest BCUT2D eigenvalue weighted by molar-refractivity contribution is -0.107. The molecule has 0 radical (unpaired) electrons. The van der Waals surface area contributed by atoms with Crippen molar-refractivity contribution in [3.63, 3.8) is 0 Å². The van der Waals surface area contributed by atoms with E-state index < -0.39 is 0 Å². The summed E-state index contributed by atoms with van der Waals surface area (Å²) in [6.45, 7) is 3.76. The van der Waals surface area contributed by atoms with Crippen LogP contribution in [0.5, 0.6) is 11.5 Å². The average molecular weight is 501 g/mol. The summed E-state index contributed by atoms with van der Waals surface area (Å²) in [6.07, 6.45) is 0. The van der Waals surface area contributed by atoms with Crippen LogP contribution >= 0.6 is 28.2 Å². The standard InChI is InChI=1S/C24H30N3O3P3/c28-23-10-2-1-5-19(23)12-26(32)14-21-9-4-8-20(24(21)29)13-25(31)11-17-6-3-7-18-15-27(33)30-16-22(17)18/h1-10,28-29H,11-16,31-33H2. The number of para-hydroxylation sites is 2. The maximum Gasteiger partial charge on any atom is 0.124 e. The Hall–Kier alpha value is -1.61. The Kier molecular flexibility index (Phi) is 8.33. The molecule has 3 aromatic rings. The SMILES string of the molecule is Oc1ccccc1CN(P)Cc1cccc(CN(P)Cc2cccc3c2CON(P)C3)c1O. The monoisotopic (exact) mass is 501 g/mol. The molecule has 0 fully saturated rings. The molecule has 3 atom stereocenters. The second-order valence-corrected chi connectivity index (χ2v) is 10.3. The van der Waals surface area contributed by atoms with Gasteiger partial charge in [-0.25, -0.2) is 0 Å². The highest BCUT2D eigenvalue weighted by atomic mass is 31.0. The number of nitrogens with zero attached hydrogens (tertiary/aromatic N) is 3. The van der Waals surface area contributed by atoms with Crippen LogP contribution in [-0.4, -0.2) is 24.4 Å². The summed E-state index contributed by atoms with van der Waals surface area (Å²) in [4.78, 5) is 7.46. The van der Waals surface area contributed by atoms with Crippen molar-refractivity contribution in [3.8, 4) is 11.5 Å². The summed E-state index contributed by atoms with van der Waals surface area (Å²) in [5, 5.41) is 21.0. The Morgan fingerprint density at radius 2 is 1.30 bits per heavy atom. The van der Waals surface area contributed by atoms with Crippen molar-refractivity contribution in [3.05, 3.63) is 94.0 Å². The van der Waals surface area contributed by atoms with Gasteiger partial charge in [0, 0.05) is 42.9 Å². The maximum absolute atomic E-state index is 10.9. The van der Waals surface area contributed by atoms with Crippen molar-refractivity contribution in [1.29, 1.82) is 0 Å². The molecule has 4 rings (SSSR count). The van der Waals surface area contributed by atoms with Gasteiger partial charge in [-0.1, -0.05) is 73.4 Å². The molecule has 1 aliphatic rings. The molecule has 33 heavy (non-hydrogen) atoms. The normalized spacial score (nSPS) is 14.1. The molecule has 0 amide bonds. The molecule has 0 aromatic heterocycles. The Morgan fingerprint density at radius 3 is 2.00 bits per heavy atom. The Balaban J connectivity index is 1.42. The zero-order valence-electron chi connectivity index (χ0n) is 18.4. The van der Waals surface area contributed by atoms with E-state index in [1.54, 1.807) is 10.9 Å². The maximum atomic E-state index is 10.9. The molecule has 2 N–H and O–H groups in total. The van der Waals surface area contributed by atoms with Crippen molar-refractivity contribution < 1.29 is 15.1 Å². The number of phenols is 2. The average Bonchev–Trinajstić information content (AvgIpc) is 2.78. The minimum atomic E-state index is 0.278. The summed E-state index contributed by atoms with van der Waals surface area (Å²) < 4.78 is 4.12. The van der Waals surface area contributed by atoms with Crippen molar-refractivity contribution in [2.45, 2.75) is 39.3 Å². The zero-order valence-corrected chi connectivity index (χ0v) is 21.9. The first kappa shape index (κ1) is 24.5. The molecule has 0 bridgehead atoms. The molecule has 6 nitrogen and oxygen atoms in total. The zero-order chi connectivity index (χ0) is 23.4. The van der Waals surface area contributed by atoms with Crippen LogP contribution < -0.4 is 0 Å². The number of hydroxylamine groups is 1. The van der Waals surface area contributed by atoms with Gasteiger partial charge in [-0.2, -0.15) is 4.83 Å². The van der Waals surface area contributed by atoms with Gasteiger partial charge in [0.1, 0.15) is 11.5 Å². The van der Waals surface area contributed by atoms with Crippen molar-refractivity contribution in [2.75, 3.05) is 0 Å². The molecule has 3 aromatic carbocycles. The summed E-state index contributed by atoms with van der Waals surface area (Å²) in [7, 11) is 8.05. The van der Waals surface area contributed by atoms with Gasteiger partial charge in [-0.3, -0.25) is 14.2 Å². The van der Waals surface area contributed by atoms with Crippen LogP contribution in [0.3, 0.4) is 0 Å². The summed E-state index contributed by atoms with van der Waals surface area (Å²) >= 11 is 0. The second kappa shape index (κ2) is 11.2. The first-order valence-corrected chi connectivity index (χ1v) is 12.3. The smallest absolute Gasteiger partial charge is 0.124 e. The van der Waals surface area contributed by atoms with Crippen molar-refractivity contribution in [1.82, 2.24) is 14.2 Å². The third kappa shape index (κ3) is 6.29. The third-order valence-electron chi connectivity index (χ3n) is 5.76. The molecule has 0 saturated carbocycles. The van der Waals surface area contributed by atoms with Crippen LogP contribution in [0.2, 0.25) is 0 Å². The minimum Gasteiger partial charge on any atom is -0.508 e. The highest BCUT2D eigenvalue weighted by Crippen LogP contribution is 2.30. The Morgan fingerprint density at radius 1 is 0.758 bits per heavy atom. The molecular weight excluding hydrogens is 471 g/mol. The van der Waals surface area contributed by atoms with Crippen LogP contribution in [0.1, 0.15) is 33.4 Å². The lowest BCUT2D eigenvalue weighted by Crippen LogP contribution is -2.22. The third-order valence-corrected chi connectivity index (χ3v) is 6.82. The predicted octanol–water partition coefficient (Wildman–Crippen LogP) is 4.72. The lowest BCUT2D eigenvalue weighted by atomic mass is 10.0. The Bertz CT molecular complexity index is 1120. The predicted molar refractivity (Wildman–Crippen MR) is 141 cm³/mol. The molecule has 1 aliphatic heterocycles. The van der Waals surface area contributed by atoms with Crippen molar-refractivity contribution in [2.24, 2.45) is 0 Å². The topological polar surface area (TPSA) is 59.4 Å².